The van der Waals surface area contributed by atoms with Gasteiger partial charge in [-0.1, -0.05) is 26.2 Å². The first-order chi connectivity index (χ1) is 20.7. The first kappa shape index (κ1) is 40.4. The molecular formula is C28H48N4O11S. The lowest BCUT2D eigenvalue weighted by molar-refractivity contribution is -0.145. The van der Waals surface area contributed by atoms with Crippen LogP contribution >= 0.6 is 11.8 Å². The number of amides is 4. The molecule has 0 radical (unpaired) electrons. The standard InChI is InChI=1S/C28H48N4O11S/c1-8-9-10-11-12-21(33)30-18(25(37)41-6)13-14-22(34)31-19(24(36)29-15-23(35)40-5)16-44-17-20(26(38)42-7)32-27(39)43-28(2,3)4/h18-20H,8-17H2,1-7H3,(H,29,36)(H,30,33)(H,31,34)(H,32,39)/t18-,19-,20+/m1/s1. The van der Waals surface area contributed by atoms with Crippen molar-refractivity contribution >= 4 is 53.5 Å². The molecule has 3 atom stereocenters. The van der Waals surface area contributed by atoms with Crippen LogP contribution < -0.4 is 21.3 Å². The van der Waals surface area contributed by atoms with Crippen molar-refractivity contribution in [3.05, 3.63) is 0 Å². The van der Waals surface area contributed by atoms with Crippen LogP contribution in [0.5, 0.6) is 0 Å². The Morgan fingerprint density at radius 2 is 1.27 bits per heavy atom. The molecule has 0 aliphatic heterocycles. The van der Waals surface area contributed by atoms with Gasteiger partial charge in [-0.25, -0.2) is 14.4 Å². The van der Waals surface area contributed by atoms with Gasteiger partial charge in [-0.3, -0.25) is 19.2 Å². The van der Waals surface area contributed by atoms with E-state index >= 15 is 0 Å². The topological polar surface area (TPSA) is 205 Å². The minimum atomic E-state index is -1.18. The summed E-state index contributed by atoms with van der Waals surface area (Å²) in [6.07, 6.45) is 2.60. The fraction of sp³-hybridized carbons (Fsp3) is 0.750. The van der Waals surface area contributed by atoms with Crippen LogP contribution in [0.3, 0.4) is 0 Å². The van der Waals surface area contributed by atoms with Gasteiger partial charge in [0.05, 0.1) is 21.3 Å². The lowest BCUT2D eigenvalue weighted by atomic mass is 10.1. The molecule has 0 aliphatic carbocycles. The molecule has 0 heterocycles. The Bertz CT molecular complexity index is 972. The molecule has 16 heteroatoms. The van der Waals surface area contributed by atoms with Crippen LogP contribution in [0.2, 0.25) is 0 Å². The van der Waals surface area contributed by atoms with Gasteiger partial charge in [0.2, 0.25) is 17.7 Å². The van der Waals surface area contributed by atoms with E-state index in [1.54, 1.807) is 20.8 Å². The number of nitrogens with one attached hydrogen (secondary N) is 4. The van der Waals surface area contributed by atoms with E-state index in [1.165, 1.54) is 7.11 Å². The Balaban J connectivity index is 5.38. The number of carbonyl (C=O) groups excluding carboxylic acids is 7. The summed E-state index contributed by atoms with van der Waals surface area (Å²) in [5.74, 6) is -3.96. The molecule has 0 aromatic carbocycles. The molecule has 252 valence electrons. The van der Waals surface area contributed by atoms with Crippen molar-refractivity contribution in [2.24, 2.45) is 0 Å². The molecule has 15 nitrogen and oxygen atoms in total. The fourth-order valence-corrected chi connectivity index (χ4v) is 4.58. The Kier molecular flexibility index (Phi) is 20.2. The third-order valence-corrected chi connectivity index (χ3v) is 6.91. The summed E-state index contributed by atoms with van der Waals surface area (Å²) in [4.78, 5) is 86.1. The third kappa shape index (κ3) is 18.9. The van der Waals surface area contributed by atoms with Gasteiger partial charge < -0.3 is 40.2 Å². The van der Waals surface area contributed by atoms with Gasteiger partial charge >= 0.3 is 24.0 Å². The van der Waals surface area contributed by atoms with Crippen molar-refractivity contribution < 1.29 is 52.5 Å². The number of unbranched alkanes of at least 4 members (excludes halogenated alkanes) is 3. The van der Waals surface area contributed by atoms with Gasteiger partial charge in [0.15, 0.2) is 0 Å². The number of hydrogen-bond donors (Lipinski definition) is 4. The Hall–Kier alpha value is -3.56. The number of alkyl carbamates (subject to hydrolysis) is 1. The normalized spacial score (nSPS) is 12.9. The van der Waals surface area contributed by atoms with Crippen LogP contribution in [0, 0.1) is 0 Å². The summed E-state index contributed by atoms with van der Waals surface area (Å²) < 4.78 is 19.2. The highest BCUT2D eigenvalue weighted by molar-refractivity contribution is 7.99. The molecular weight excluding hydrogens is 600 g/mol. The number of hydrogen-bond acceptors (Lipinski definition) is 12. The number of ether oxygens (including phenoxy) is 4. The average molecular weight is 649 g/mol. The van der Waals surface area contributed by atoms with Gasteiger partial charge in [-0.05, 0) is 33.6 Å². The van der Waals surface area contributed by atoms with Gasteiger partial charge in [0, 0.05) is 24.3 Å². The van der Waals surface area contributed by atoms with Gasteiger partial charge in [-0.2, -0.15) is 11.8 Å². The second-order valence-corrected chi connectivity index (χ2v) is 11.7. The van der Waals surface area contributed by atoms with Crippen LogP contribution in [-0.2, 0) is 47.7 Å². The van der Waals surface area contributed by atoms with Crippen LogP contribution in [0.4, 0.5) is 4.79 Å². The highest BCUT2D eigenvalue weighted by atomic mass is 32.2. The monoisotopic (exact) mass is 648 g/mol. The highest BCUT2D eigenvalue weighted by Gasteiger charge is 2.28. The Labute approximate surface area is 263 Å². The molecule has 4 amide bonds. The van der Waals surface area contributed by atoms with Crippen molar-refractivity contribution in [2.75, 3.05) is 39.4 Å². The SMILES string of the molecule is CCCCCCC(=O)N[C@H](CCC(=O)N[C@H](CSC[C@H](NC(=O)OC(C)(C)C)C(=O)OC)C(=O)NCC(=O)OC)C(=O)OC. The predicted molar refractivity (Wildman–Crippen MR) is 161 cm³/mol. The number of rotatable bonds is 20. The maximum Gasteiger partial charge on any atom is 0.408 e. The second-order valence-electron chi connectivity index (χ2n) is 10.7. The van der Waals surface area contributed by atoms with Crippen molar-refractivity contribution in [2.45, 2.75) is 96.4 Å². The smallest absolute Gasteiger partial charge is 0.408 e. The lowest BCUT2D eigenvalue weighted by Gasteiger charge is -2.23. The summed E-state index contributed by atoms with van der Waals surface area (Å²) in [6.45, 7) is 6.57. The molecule has 4 N–H and O–H groups in total. The van der Waals surface area contributed by atoms with E-state index < -0.39 is 66.1 Å². The highest BCUT2D eigenvalue weighted by Crippen LogP contribution is 2.11. The van der Waals surface area contributed by atoms with Crippen molar-refractivity contribution in [3.8, 4) is 0 Å². The van der Waals surface area contributed by atoms with E-state index in [2.05, 4.69) is 26.0 Å². The molecule has 0 rings (SSSR count). The molecule has 0 fully saturated rings. The number of thioether (sulfide) groups is 1. The molecule has 0 bridgehead atoms. The zero-order valence-corrected chi connectivity index (χ0v) is 27.5. The van der Waals surface area contributed by atoms with Gasteiger partial charge in [-0.15, -0.1) is 0 Å². The first-order valence-electron chi connectivity index (χ1n) is 14.3. The Morgan fingerprint density at radius 1 is 0.705 bits per heavy atom. The average Bonchev–Trinajstić information content (AvgIpc) is 2.96. The zero-order chi connectivity index (χ0) is 33.7. The summed E-state index contributed by atoms with van der Waals surface area (Å²) in [5.41, 5.74) is -0.810. The van der Waals surface area contributed by atoms with Crippen LogP contribution in [0.25, 0.3) is 0 Å². The van der Waals surface area contributed by atoms with Crippen LogP contribution in [-0.4, -0.2) is 105 Å². The quantitative estimate of drug-likeness (QED) is 0.0828. The summed E-state index contributed by atoms with van der Waals surface area (Å²) in [5, 5.41) is 9.91. The lowest BCUT2D eigenvalue weighted by Crippen LogP contribution is -2.50. The largest absolute Gasteiger partial charge is 0.468 e. The first-order valence-corrected chi connectivity index (χ1v) is 15.5. The van der Waals surface area contributed by atoms with E-state index in [0.717, 1.165) is 45.2 Å². The molecule has 0 aromatic heterocycles. The van der Waals surface area contributed by atoms with Crippen molar-refractivity contribution in [3.63, 3.8) is 0 Å². The maximum absolute atomic E-state index is 12.8. The molecule has 0 saturated heterocycles. The molecule has 44 heavy (non-hydrogen) atoms. The molecule has 0 unspecified atom stereocenters. The zero-order valence-electron chi connectivity index (χ0n) is 26.7. The maximum atomic E-state index is 12.8. The molecule has 0 saturated carbocycles. The number of carbonyl (C=O) groups is 7. The Morgan fingerprint density at radius 3 is 1.84 bits per heavy atom. The van der Waals surface area contributed by atoms with Gasteiger partial charge in [0.25, 0.3) is 0 Å². The van der Waals surface area contributed by atoms with E-state index in [-0.39, 0.29) is 36.7 Å². The fourth-order valence-electron chi connectivity index (χ4n) is 3.51. The molecule has 0 aliphatic rings. The minimum absolute atomic E-state index is 0.0444. The van der Waals surface area contributed by atoms with E-state index in [9.17, 15) is 33.6 Å². The van der Waals surface area contributed by atoms with E-state index in [0.29, 0.717) is 6.42 Å². The van der Waals surface area contributed by atoms with E-state index in [1.807, 2.05) is 6.92 Å². The molecule has 0 spiro atoms. The summed E-state index contributed by atoms with van der Waals surface area (Å²) in [6, 6.07) is -3.37. The molecule has 0 aromatic rings. The summed E-state index contributed by atoms with van der Waals surface area (Å²) in [7, 11) is 3.47. The minimum Gasteiger partial charge on any atom is -0.468 e. The summed E-state index contributed by atoms with van der Waals surface area (Å²) >= 11 is 1.04. The number of esters is 3. The van der Waals surface area contributed by atoms with Crippen LogP contribution in [0.1, 0.15) is 72.6 Å². The number of methoxy groups -OCH3 is 3. The third-order valence-electron chi connectivity index (χ3n) is 5.77. The van der Waals surface area contributed by atoms with E-state index in [4.69, 9.17) is 14.2 Å². The van der Waals surface area contributed by atoms with Crippen molar-refractivity contribution in [1.82, 2.24) is 21.3 Å². The second kappa shape index (κ2) is 22.0. The predicted octanol–water partition coefficient (Wildman–Crippen LogP) is 0.968. The van der Waals surface area contributed by atoms with Gasteiger partial charge in [0.1, 0.15) is 30.3 Å². The van der Waals surface area contributed by atoms with Crippen molar-refractivity contribution in [1.29, 1.82) is 0 Å². The van der Waals surface area contributed by atoms with Crippen LogP contribution in [0.15, 0.2) is 0 Å².